The van der Waals surface area contributed by atoms with E-state index < -0.39 is 17.8 Å². The first-order valence-corrected chi connectivity index (χ1v) is 6.23. The third kappa shape index (κ3) is 2.43. The van der Waals surface area contributed by atoms with Crippen molar-refractivity contribution in [2.24, 2.45) is 11.0 Å². The molecule has 1 aromatic carbocycles. The van der Waals surface area contributed by atoms with Gasteiger partial charge in [-0.3, -0.25) is 9.59 Å². The largest absolute Gasteiger partial charge is 0.465 e. The van der Waals surface area contributed by atoms with Crippen LogP contribution in [0, 0.1) is 5.92 Å². The lowest BCUT2D eigenvalue weighted by atomic mass is 10.1. The molecule has 18 heavy (non-hydrogen) atoms. The average molecular weight is 311 g/mol. The van der Waals surface area contributed by atoms with Crippen LogP contribution in [0.3, 0.4) is 0 Å². The number of benzene rings is 1. The minimum absolute atomic E-state index is 0.243. The minimum atomic E-state index is -0.941. The Morgan fingerprint density at radius 3 is 3.00 bits per heavy atom. The number of hydrogen-bond donors (Lipinski definition) is 0. The van der Waals surface area contributed by atoms with Gasteiger partial charge in [-0.25, -0.2) is 0 Å². The van der Waals surface area contributed by atoms with Gasteiger partial charge in [0.05, 0.1) is 12.3 Å². The maximum atomic E-state index is 12.0. The van der Waals surface area contributed by atoms with Crippen LogP contribution in [0.4, 0.5) is 5.69 Å². The molecule has 0 saturated heterocycles. The normalized spacial score (nSPS) is 18.2. The highest BCUT2D eigenvalue weighted by atomic mass is 79.9. The lowest BCUT2D eigenvalue weighted by molar-refractivity contribution is -0.147. The van der Waals surface area contributed by atoms with E-state index in [0.717, 1.165) is 4.47 Å². The van der Waals surface area contributed by atoms with Gasteiger partial charge >= 0.3 is 5.97 Å². The molecule has 5 nitrogen and oxygen atoms in total. The smallest absolute Gasteiger partial charge is 0.324 e. The molecule has 0 radical (unpaired) electrons. The molecular formula is C12H11BrN2O3. The Bertz CT molecular complexity index is 516. The molecule has 0 aromatic heterocycles. The molecule has 0 spiro atoms. The van der Waals surface area contributed by atoms with Crippen molar-refractivity contribution in [2.75, 3.05) is 11.6 Å². The first-order chi connectivity index (χ1) is 8.63. The Hall–Kier alpha value is -1.69. The van der Waals surface area contributed by atoms with E-state index in [2.05, 4.69) is 21.0 Å². The number of amides is 1. The van der Waals surface area contributed by atoms with Gasteiger partial charge in [-0.2, -0.15) is 10.1 Å². The Morgan fingerprint density at radius 1 is 1.56 bits per heavy atom. The van der Waals surface area contributed by atoms with Crippen molar-refractivity contribution in [3.05, 3.63) is 28.7 Å². The summed E-state index contributed by atoms with van der Waals surface area (Å²) in [7, 11) is 0. The molecule has 6 heteroatoms. The Kier molecular flexibility index (Phi) is 3.76. The summed E-state index contributed by atoms with van der Waals surface area (Å²) >= 11 is 3.32. The van der Waals surface area contributed by atoms with Crippen LogP contribution in [0.15, 0.2) is 33.8 Å². The van der Waals surface area contributed by atoms with Crippen LogP contribution in [0.5, 0.6) is 0 Å². The fraction of sp³-hybridized carbons (Fsp3) is 0.250. The molecule has 1 amide bonds. The monoisotopic (exact) mass is 310 g/mol. The topological polar surface area (TPSA) is 59.0 Å². The van der Waals surface area contributed by atoms with Crippen molar-refractivity contribution in [3.8, 4) is 0 Å². The van der Waals surface area contributed by atoms with Gasteiger partial charge in [-0.1, -0.05) is 22.0 Å². The number of nitrogens with zero attached hydrogens (tertiary/aromatic N) is 2. The summed E-state index contributed by atoms with van der Waals surface area (Å²) in [6.07, 6.45) is 1.31. The van der Waals surface area contributed by atoms with E-state index in [-0.39, 0.29) is 6.61 Å². The van der Waals surface area contributed by atoms with Crippen LogP contribution >= 0.6 is 15.9 Å². The van der Waals surface area contributed by atoms with Gasteiger partial charge < -0.3 is 4.74 Å². The number of rotatable bonds is 3. The van der Waals surface area contributed by atoms with Crippen molar-refractivity contribution in [3.63, 3.8) is 0 Å². The van der Waals surface area contributed by atoms with Gasteiger partial charge in [0.25, 0.3) is 5.91 Å². The highest BCUT2D eigenvalue weighted by molar-refractivity contribution is 9.10. The standard InChI is InChI=1S/C12H11BrN2O3/c1-2-18-12(17)10-7-14-15(11(10)16)9-5-3-4-8(13)6-9/h3-7,10H,2H2,1H3. The van der Waals surface area contributed by atoms with Crippen LogP contribution in [0.2, 0.25) is 0 Å². The fourth-order valence-corrected chi connectivity index (χ4v) is 1.97. The molecule has 2 rings (SSSR count). The lowest BCUT2D eigenvalue weighted by Gasteiger charge is -2.13. The third-order valence-electron chi connectivity index (χ3n) is 2.40. The minimum Gasteiger partial charge on any atom is -0.465 e. The van der Waals surface area contributed by atoms with Crippen molar-refractivity contribution < 1.29 is 14.3 Å². The van der Waals surface area contributed by atoms with E-state index in [1.165, 1.54) is 11.2 Å². The first-order valence-electron chi connectivity index (χ1n) is 5.43. The molecule has 1 aliphatic rings. The summed E-state index contributed by atoms with van der Waals surface area (Å²) in [6, 6.07) is 7.13. The van der Waals surface area contributed by atoms with Crippen LogP contribution in [0.1, 0.15) is 6.92 Å². The Balaban J connectivity index is 2.18. The zero-order valence-electron chi connectivity index (χ0n) is 9.67. The zero-order valence-corrected chi connectivity index (χ0v) is 11.3. The average Bonchev–Trinajstić information content (AvgIpc) is 2.71. The van der Waals surface area contributed by atoms with Gasteiger partial charge in [-0.05, 0) is 25.1 Å². The summed E-state index contributed by atoms with van der Waals surface area (Å²) in [4.78, 5) is 23.5. The van der Waals surface area contributed by atoms with E-state index in [1.54, 1.807) is 25.1 Å². The van der Waals surface area contributed by atoms with Crippen LogP contribution in [-0.4, -0.2) is 24.7 Å². The molecule has 0 N–H and O–H groups in total. The maximum absolute atomic E-state index is 12.0. The SMILES string of the molecule is CCOC(=O)C1C=NN(c2cccc(Br)c2)C1=O. The second-order valence-electron chi connectivity index (χ2n) is 3.62. The molecule has 0 aliphatic carbocycles. The summed E-state index contributed by atoms with van der Waals surface area (Å²) in [6.45, 7) is 1.94. The van der Waals surface area contributed by atoms with Gasteiger partial charge in [0.1, 0.15) is 0 Å². The molecule has 1 unspecified atom stereocenters. The van der Waals surface area contributed by atoms with E-state index in [0.29, 0.717) is 5.69 Å². The van der Waals surface area contributed by atoms with Gasteiger partial charge in [-0.15, -0.1) is 0 Å². The van der Waals surface area contributed by atoms with Crippen molar-refractivity contribution in [1.29, 1.82) is 0 Å². The highest BCUT2D eigenvalue weighted by Gasteiger charge is 2.36. The molecule has 0 bridgehead atoms. The van der Waals surface area contributed by atoms with Gasteiger partial charge in [0.15, 0.2) is 5.92 Å². The lowest BCUT2D eigenvalue weighted by Crippen LogP contribution is -2.32. The quantitative estimate of drug-likeness (QED) is 0.633. The van der Waals surface area contributed by atoms with Crippen LogP contribution in [0.25, 0.3) is 0 Å². The summed E-state index contributed by atoms with van der Waals surface area (Å²) in [5.74, 6) is -1.90. The molecule has 94 valence electrons. The molecule has 1 aliphatic heterocycles. The highest BCUT2D eigenvalue weighted by Crippen LogP contribution is 2.24. The molecule has 0 saturated carbocycles. The van der Waals surface area contributed by atoms with Crippen molar-refractivity contribution in [1.82, 2.24) is 0 Å². The zero-order chi connectivity index (χ0) is 13.1. The van der Waals surface area contributed by atoms with Gasteiger partial charge in [0.2, 0.25) is 0 Å². The molecular weight excluding hydrogens is 300 g/mol. The van der Waals surface area contributed by atoms with E-state index in [9.17, 15) is 9.59 Å². The number of esters is 1. The van der Waals surface area contributed by atoms with E-state index in [1.807, 2.05) is 6.07 Å². The summed E-state index contributed by atoms with van der Waals surface area (Å²) < 4.78 is 5.65. The third-order valence-corrected chi connectivity index (χ3v) is 2.89. The van der Waals surface area contributed by atoms with Crippen molar-refractivity contribution in [2.45, 2.75) is 6.92 Å². The number of carbonyl (C=O) groups is 2. The Labute approximate surface area is 113 Å². The van der Waals surface area contributed by atoms with E-state index in [4.69, 9.17) is 4.74 Å². The number of halogens is 1. The Morgan fingerprint density at radius 2 is 2.33 bits per heavy atom. The van der Waals surface area contributed by atoms with E-state index >= 15 is 0 Å². The second-order valence-corrected chi connectivity index (χ2v) is 4.54. The predicted octanol–water partition coefficient (Wildman–Crippen LogP) is 1.96. The first kappa shape index (κ1) is 12.8. The number of hydrogen-bond acceptors (Lipinski definition) is 4. The number of hydrazone groups is 1. The molecule has 1 atom stereocenters. The van der Waals surface area contributed by atoms with Crippen LogP contribution in [-0.2, 0) is 14.3 Å². The van der Waals surface area contributed by atoms with Crippen LogP contribution < -0.4 is 5.01 Å². The fourth-order valence-electron chi connectivity index (χ4n) is 1.58. The van der Waals surface area contributed by atoms with Crippen molar-refractivity contribution >= 4 is 39.7 Å². The molecule has 1 aromatic rings. The number of ether oxygens (including phenoxy) is 1. The second kappa shape index (κ2) is 5.30. The van der Waals surface area contributed by atoms with Gasteiger partial charge in [0, 0.05) is 10.7 Å². The number of anilines is 1. The number of carbonyl (C=O) groups excluding carboxylic acids is 2. The predicted molar refractivity (Wildman–Crippen MR) is 70.2 cm³/mol. The molecule has 1 heterocycles. The maximum Gasteiger partial charge on any atom is 0.324 e. The summed E-state index contributed by atoms with van der Waals surface area (Å²) in [5, 5.41) is 5.15. The molecule has 0 fully saturated rings. The summed E-state index contributed by atoms with van der Waals surface area (Å²) in [5.41, 5.74) is 0.609.